The number of hydrogen-bond acceptors (Lipinski definition) is 5. The molecule has 24 heavy (non-hydrogen) atoms. The van der Waals surface area contributed by atoms with Crippen LogP contribution in [0.4, 0.5) is 18.0 Å². The van der Waals surface area contributed by atoms with E-state index in [2.05, 4.69) is 8.92 Å². The van der Waals surface area contributed by atoms with Gasteiger partial charge in [-0.1, -0.05) is 0 Å². The van der Waals surface area contributed by atoms with Gasteiger partial charge < -0.3 is 14.7 Å². The number of ether oxygens (including phenoxy) is 1. The van der Waals surface area contributed by atoms with Crippen LogP contribution in [-0.2, 0) is 19.0 Å². The molecule has 0 heterocycles. The lowest BCUT2D eigenvalue weighted by Gasteiger charge is -2.19. The third-order valence-electron chi connectivity index (χ3n) is 3.40. The number of primary amides is 1. The van der Waals surface area contributed by atoms with Crippen LogP contribution < -0.4 is 5.73 Å². The van der Waals surface area contributed by atoms with Crippen molar-refractivity contribution in [3.63, 3.8) is 0 Å². The Labute approximate surface area is 139 Å². The fraction of sp³-hybridized carbons (Fsp3) is 0.786. The quantitative estimate of drug-likeness (QED) is 0.591. The lowest BCUT2D eigenvalue weighted by Crippen LogP contribution is -2.27. The average Bonchev–Trinajstić information content (AvgIpc) is 2.64. The van der Waals surface area contributed by atoms with Crippen LogP contribution in [0.15, 0.2) is 11.8 Å². The highest BCUT2D eigenvalue weighted by Gasteiger charge is 2.49. The molecule has 1 amide bonds. The van der Waals surface area contributed by atoms with E-state index in [0.717, 1.165) is 19.3 Å². The van der Waals surface area contributed by atoms with Gasteiger partial charge in [-0.15, -0.1) is 0 Å². The molecule has 0 aliphatic heterocycles. The normalized spacial score (nSPS) is 23.7. The van der Waals surface area contributed by atoms with Crippen LogP contribution in [0.25, 0.3) is 0 Å². The van der Waals surface area contributed by atoms with E-state index in [1.165, 1.54) is 6.08 Å². The van der Waals surface area contributed by atoms with E-state index in [-0.39, 0.29) is 17.6 Å². The van der Waals surface area contributed by atoms with E-state index in [0.29, 0.717) is 6.42 Å². The van der Waals surface area contributed by atoms with Crippen molar-refractivity contribution in [2.24, 2.45) is 17.6 Å². The minimum Gasteiger partial charge on any atom is -0.444 e. The summed E-state index contributed by atoms with van der Waals surface area (Å²) in [5.74, 6) is 0.404. The molecule has 2 aliphatic carbocycles. The molecule has 140 valence electrons. The highest BCUT2D eigenvalue weighted by atomic mass is 32.2. The molecule has 1 unspecified atom stereocenters. The SMILES string of the molecule is CC(C)(C)OC(N)=O.O=S(=O)(OC1=C[C@H]2CCC(C1)C2)C(F)(F)F. The summed E-state index contributed by atoms with van der Waals surface area (Å²) in [6.45, 7) is 5.28. The Morgan fingerprint density at radius 3 is 2.21 bits per heavy atom. The van der Waals surface area contributed by atoms with Crippen LogP contribution in [-0.4, -0.2) is 25.6 Å². The van der Waals surface area contributed by atoms with Crippen LogP contribution >= 0.6 is 0 Å². The molecule has 2 atom stereocenters. The van der Waals surface area contributed by atoms with E-state index in [1.54, 1.807) is 20.8 Å². The smallest absolute Gasteiger partial charge is 0.444 e. The van der Waals surface area contributed by atoms with E-state index < -0.39 is 27.3 Å². The third kappa shape index (κ3) is 6.58. The van der Waals surface area contributed by atoms with Crippen molar-refractivity contribution in [2.75, 3.05) is 0 Å². The zero-order chi connectivity index (χ0) is 18.8. The van der Waals surface area contributed by atoms with Crippen molar-refractivity contribution >= 4 is 16.2 Å². The predicted molar refractivity (Wildman–Crippen MR) is 80.0 cm³/mol. The van der Waals surface area contributed by atoms with Crippen molar-refractivity contribution in [3.8, 4) is 0 Å². The first-order valence-corrected chi connectivity index (χ1v) is 8.80. The fourth-order valence-electron chi connectivity index (χ4n) is 2.62. The maximum Gasteiger partial charge on any atom is 0.534 e. The minimum absolute atomic E-state index is 0.0453. The Morgan fingerprint density at radius 2 is 1.83 bits per heavy atom. The van der Waals surface area contributed by atoms with Crippen LogP contribution in [0.1, 0.15) is 46.5 Å². The largest absolute Gasteiger partial charge is 0.534 e. The molecule has 1 fully saturated rings. The van der Waals surface area contributed by atoms with Crippen LogP contribution in [0.2, 0.25) is 0 Å². The van der Waals surface area contributed by atoms with Gasteiger partial charge in [0.15, 0.2) is 0 Å². The highest BCUT2D eigenvalue weighted by molar-refractivity contribution is 7.87. The Bertz CT molecular complexity index is 593. The van der Waals surface area contributed by atoms with Crippen molar-refractivity contribution in [1.82, 2.24) is 0 Å². The average molecular weight is 373 g/mol. The summed E-state index contributed by atoms with van der Waals surface area (Å²) in [5.41, 5.74) is -1.08. The Morgan fingerprint density at radius 1 is 1.25 bits per heavy atom. The van der Waals surface area contributed by atoms with Crippen molar-refractivity contribution in [2.45, 2.75) is 57.6 Å². The fourth-order valence-corrected chi connectivity index (χ4v) is 3.12. The summed E-state index contributed by atoms with van der Waals surface area (Å²) in [6.07, 6.45) is 3.86. The molecule has 0 radical (unpaired) electrons. The van der Waals surface area contributed by atoms with E-state index in [4.69, 9.17) is 5.73 Å². The van der Waals surface area contributed by atoms with Gasteiger partial charge in [0.1, 0.15) is 11.4 Å². The van der Waals surface area contributed by atoms with Crippen molar-refractivity contribution in [3.05, 3.63) is 11.8 Å². The van der Waals surface area contributed by atoms with Crippen molar-refractivity contribution in [1.29, 1.82) is 0 Å². The molecule has 6 nitrogen and oxygen atoms in total. The molecule has 10 heteroatoms. The summed E-state index contributed by atoms with van der Waals surface area (Å²) in [4.78, 5) is 10.0. The number of nitrogens with two attached hydrogens (primary N) is 1. The first-order valence-electron chi connectivity index (χ1n) is 7.39. The number of fused-ring (bicyclic) bond motifs is 2. The van der Waals surface area contributed by atoms with Gasteiger partial charge in [0.25, 0.3) is 0 Å². The second-order valence-electron chi connectivity index (χ2n) is 6.79. The summed E-state index contributed by atoms with van der Waals surface area (Å²) in [6, 6.07) is 0. The number of alkyl halides is 3. The van der Waals surface area contributed by atoms with Gasteiger partial charge >= 0.3 is 21.7 Å². The van der Waals surface area contributed by atoms with Gasteiger partial charge in [-0.3, -0.25) is 0 Å². The maximum atomic E-state index is 12.1. The lowest BCUT2D eigenvalue weighted by molar-refractivity contribution is -0.0525. The number of halogens is 3. The summed E-state index contributed by atoms with van der Waals surface area (Å²) >= 11 is 0. The Balaban J connectivity index is 0.000000307. The van der Waals surface area contributed by atoms with Crippen LogP contribution in [0.3, 0.4) is 0 Å². The third-order valence-corrected chi connectivity index (χ3v) is 4.40. The molecule has 0 spiro atoms. The molecule has 0 aromatic rings. The zero-order valence-corrected chi connectivity index (χ0v) is 14.5. The second-order valence-corrected chi connectivity index (χ2v) is 8.33. The number of rotatable bonds is 2. The zero-order valence-electron chi connectivity index (χ0n) is 13.7. The van der Waals surface area contributed by atoms with Crippen LogP contribution in [0.5, 0.6) is 0 Å². The molecule has 2 rings (SSSR count). The Hall–Kier alpha value is -1.45. The molecule has 2 aliphatic rings. The van der Waals surface area contributed by atoms with Gasteiger partial charge in [-0.05, 0) is 57.9 Å². The molecule has 2 bridgehead atoms. The molecule has 0 aromatic carbocycles. The van der Waals surface area contributed by atoms with Gasteiger partial charge in [0.2, 0.25) is 0 Å². The van der Waals surface area contributed by atoms with Crippen molar-refractivity contribution < 1.29 is 35.3 Å². The first kappa shape index (κ1) is 20.6. The molecular formula is C14H22F3NO5S. The number of carbonyl (C=O) groups excluding carboxylic acids is 1. The maximum absolute atomic E-state index is 12.1. The van der Waals surface area contributed by atoms with E-state index in [1.807, 2.05) is 0 Å². The van der Waals surface area contributed by atoms with Gasteiger partial charge in [0.05, 0.1) is 0 Å². The second kappa shape index (κ2) is 7.20. The molecule has 0 aromatic heterocycles. The van der Waals surface area contributed by atoms with E-state index in [9.17, 15) is 26.4 Å². The molecule has 2 N–H and O–H groups in total. The number of hydrogen-bond donors (Lipinski definition) is 1. The molecule has 0 saturated heterocycles. The molecular weight excluding hydrogens is 351 g/mol. The van der Waals surface area contributed by atoms with Gasteiger partial charge in [0, 0.05) is 6.42 Å². The monoisotopic (exact) mass is 373 g/mol. The number of allylic oxidation sites excluding steroid dienone is 2. The van der Waals surface area contributed by atoms with Gasteiger partial charge in [-0.2, -0.15) is 21.6 Å². The van der Waals surface area contributed by atoms with Gasteiger partial charge in [-0.25, -0.2) is 4.79 Å². The summed E-state index contributed by atoms with van der Waals surface area (Å²) < 4.78 is 66.4. The lowest BCUT2D eigenvalue weighted by atomic mass is 9.94. The standard InChI is InChI=1S/C9H11F3O3S.C5H11NO2/c10-9(11,12)16(13,14)15-8-4-6-1-2-7(3-6)5-8;1-5(2,3)8-4(6)7/h4,6-7H,1-3,5H2;1-3H3,(H2,6,7)/t6-,7?;/m0./s1. The number of amides is 1. The van der Waals surface area contributed by atoms with E-state index >= 15 is 0 Å². The predicted octanol–water partition coefficient (Wildman–Crippen LogP) is 3.44. The first-order chi connectivity index (χ1) is 10.7. The minimum atomic E-state index is -5.48. The summed E-state index contributed by atoms with van der Waals surface area (Å²) in [7, 11) is -5.48. The summed E-state index contributed by atoms with van der Waals surface area (Å²) in [5, 5.41) is 0. The molecule has 1 saturated carbocycles. The van der Waals surface area contributed by atoms with Crippen LogP contribution in [0, 0.1) is 11.8 Å². The number of carbonyl (C=O) groups is 1. The Kier molecular flexibility index (Phi) is 6.18. The highest BCUT2D eigenvalue weighted by Crippen LogP contribution is 2.42. The topological polar surface area (TPSA) is 95.7 Å².